The number of carbonyl (C=O) groups excluding carboxylic acids is 1. The molecule has 0 aliphatic heterocycles. The van der Waals surface area contributed by atoms with Crippen LogP contribution < -0.4 is 5.32 Å². The molecule has 3 rings (SSSR count). The summed E-state index contributed by atoms with van der Waals surface area (Å²) < 4.78 is 0. The van der Waals surface area contributed by atoms with Gasteiger partial charge in [0, 0.05) is 21.8 Å². The van der Waals surface area contributed by atoms with Gasteiger partial charge in [0.2, 0.25) is 0 Å². The van der Waals surface area contributed by atoms with E-state index in [4.69, 9.17) is 11.6 Å². The number of rotatable bonds is 4. The molecule has 0 spiro atoms. The highest BCUT2D eigenvalue weighted by Gasteiger charge is 2.12. The zero-order chi connectivity index (χ0) is 16.9. The number of carbonyl (C=O) groups is 1. The molecule has 0 fully saturated rings. The van der Waals surface area contributed by atoms with Crippen molar-refractivity contribution in [3.05, 3.63) is 107 Å². The van der Waals surface area contributed by atoms with Gasteiger partial charge >= 0.3 is 0 Å². The van der Waals surface area contributed by atoms with Crippen LogP contribution >= 0.6 is 11.6 Å². The smallest absolute Gasteiger partial charge is 0.255 e. The quantitative estimate of drug-likeness (QED) is 0.656. The molecule has 0 atom stereocenters. The molecule has 0 unspecified atom stereocenters. The largest absolute Gasteiger partial charge is 0.321 e. The molecule has 0 bridgehead atoms. The summed E-state index contributed by atoms with van der Waals surface area (Å²) in [7, 11) is 0. The normalized spacial score (nSPS) is 10.2. The minimum atomic E-state index is -0.167. The van der Waals surface area contributed by atoms with Crippen molar-refractivity contribution < 1.29 is 4.79 Å². The molecule has 0 aliphatic carbocycles. The van der Waals surface area contributed by atoms with Crippen molar-refractivity contribution >= 4 is 28.8 Å². The van der Waals surface area contributed by atoms with Gasteiger partial charge in [0.25, 0.3) is 5.91 Å². The summed E-state index contributed by atoms with van der Waals surface area (Å²) in [5, 5.41) is 3.54. The molecule has 3 aromatic carbocycles. The molecule has 3 aromatic rings. The number of hydrogen-bond acceptors (Lipinski definition) is 1. The van der Waals surface area contributed by atoms with Crippen molar-refractivity contribution in [3.8, 4) is 0 Å². The molecular weight excluding hydrogens is 318 g/mol. The van der Waals surface area contributed by atoms with Crippen LogP contribution in [0.25, 0.3) is 5.57 Å². The average Bonchev–Trinajstić information content (AvgIpc) is 2.64. The Balaban J connectivity index is 1.94. The van der Waals surface area contributed by atoms with Gasteiger partial charge in [-0.05, 0) is 41.5 Å². The van der Waals surface area contributed by atoms with Crippen LogP contribution in [0.4, 0.5) is 5.69 Å². The van der Waals surface area contributed by atoms with E-state index in [2.05, 4.69) is 11.9 Å². The third-order valence-corrected chi connectivity index (χ3v) is 3.95. The third-order valence-electron chi connectivity index (χ3n) is 3.71. The Labute approximate surface area is 146 Å². The SMILES string of the molecule is C=C(c1ccccc1)c1cc(Cl)ccc1NC(=O)c1ccccc1. The van der Waals surface area contributed by atoms with Crippen molar-refractivity contribution in [2.24, 2.45) is 0 Å². The molecule has 0 heterocycles. The molecule has 24 heavy (non-hydrogen) atoms. The molecular formula is C21H16ClNO. The number of hydrogen-bond donors (Lipinski definition) is 1. The van der Waals surface area contributed by atoms with Gasteiger partial charge in [0.1, 0.15) is 0 Å². The van der Waals surface area contributed by atoms with Gasteiger partial charge in [-0.1, -0.05) is 66.7 Å². The maximum atomic E-state index is 12.4. The Bertz CT molecular complexity index is 873. The second-order valence-corrected chi connectivity index (χ2v) is 5.79. The number of halogens is 1. The van der Waals surface area contributed by atoms with E-state index in [1.54, 1.807) is 24.3 Å². The molecule has 1 N–H and O–H groups in total. The van der Waals surface area contributed by atoms with Gasteiger partial charge in [0.05, 0.1) is 0 Å². The van der Waals surface area contributed by atoms with Crippen molar-refractivity contribution in [1.29, 1.82) is 0 Å². The fourth-order valence-electron chi connectivity index (χ4n) is 2.45. The first-order chi connectivity index (χ1) is 11.6. The van der Waals surface area contributed by atoms with Crippen molar-refractivity contribution in [3.63, 3.8) is 0 Å². The molecule has 0 aliphatic rings. The molecule has 2 nitrogen and oxygen atoms in total. The summed E-state index contributed by atoms with van der Waals surface area (Å²) in [6.07, 6.45) is 0. The van der Waals surface area contributed by atoms with Crippen LogP contribution in [0, 0.1) is 0 Å². The van der Waals surface area contributed by atoms with Crippen molar-refractivity contribution in [1.82, 2.24) is 0 Å². The van der Waals surface area contributed by atoms with Crippen LogP contribution in [0.15, 0.2) is 85.4 Å². The van der Waals surface area contributed by atoms with Gasteiger partial charge in [0.15, 0.2) is 0 Å². The predicted octanol–water partition coefficient (Wildman–Crippen LogP) is 5.65. The van der Waals surface area contributed by atoms with Crippen LogP contribution in [0.3, 0.4) is 0 Å². The summed E-state index contributed by atoms with van der Waals surface area (Å²) >= 11 is 6.15. The molecule has 0 saturated carbocycles. The van der Waals surface area contributed by atoms with Crippen LogP contribution in [0.1, 0.15) is 21.5 Å². The minimum absolute atomic E-state index is 0.167. The lowest BCUT2D eigenvalue weighted by molar-refractivity contribution is 0.102. The monoisotopic (exact) mass is 333 g/mol. The molecule has 0 saturated heterocycles. The van der Waals surface area contributed by atoms with Gasteiger partial charge in [-0.3, -0.25) is 4.79 Å². The first kappa shape index (κ1) is 16.0. The van der Waals surface area contributed by atoms with Gasteiger partial charge in [-0.2, -0.15) is 0 Å². The van der Waals surface area contributed by atoms with Crippen molar-refractivity contribution in [2.45, 2.75) is 0 Å². The van der Waals surface area contributed by atoms with Crippen LogP contribution in [-0.4, -0.2) is 5.91 Å². The van der Waals surface area contributed by atoms with Gasteiger partial charge in [-0.25, -0.2) is 0 Å². The number of benzene rings is 3. The van der Waals surface area contributed by atoms with Crippen LogP contribution in [-0.2, 0) is 0 Å². The van der Waals surface area contributed by atoms with Crippen molar-refractivity contribution in [2.75, 3.05) is 5.32 Å². The standard InChI is InChI=1S/C21H16ClNO/c1-15(16-8-4-2-5-9-16)19-14-18(22)12-13-20(19)23-21(24)17-10-6-3-7-11-17/h2-14H,1H2,(H,23,24). The number of nitrogens with one attached hydrogen (secondary N) is 1. The Kier molecular flexibility index (Phi) is 4.78. The first-order valence-corrected chi connectivity index (χ1v) is 7.93. The van der Waals surface area contributed by atoms with E-state index in [1.807, 2.05) is 54.6 Å². The van der Waals surface area contributed by atoms with Gasteiger partial charge in [-0.15, -0.1) is 0 Å². The Hall–Kier alpha value is -2.84. The van der Waals surface area contributed by atoms with Gasteiger partial charge < -0.3 is 5.32 Å². The van der Waals surface area contributed by atoms with Crippen LogP contribution in [0.5, 0.6) is 0 Å². The Morgan fingerprint density at radius 3 is 2.04 bits per heavy atom. The summed E-state index contributed by atoms with van der Waals surface area (Å²) in [4.78, 5) is 12.4. The molecule has 118 valence electrons. The van der Waals surface area contributed by atoms with E-state index < -0.39 is 0 Å². The first-order valence-electron chi connectivity index (χ1n) is 7.56. The summed E-state index contributed by atoms with van der Waals surface area (Å²) in [6.45, 7) is 4.17. The predicted molar refractivity (Wildman–Crippen MR) is 100 cm³/mol. The lowest BCUT2D eigenvalue weighted by atomic mass is 9.98. The molecule has 3 heteroatoms. The highest BCUT2D eigenvalue weighted by atomic mass is 35.5. The van der Waals surface area contributed by atoms with Crippen LogP contribution in [0.2, 0.25) is 5.02 Å². The zero-order valence-electron chi connectivity index (χ0n) is 13.0. The lowest BCUT2D eigenvalue weighted by Gasteiger charge is -2.14. The Morgan fingerprint density at radius 2 is 1.42 bits per heavy atom. The highest BCUT2D eigenvalue weighted by Crippen LogP contribution is 2.31. The third kappa shape index (κ3) is 3.55. The van der Waals surface area contributed by atoms with E-state index in [9.17, 15) is 4.79 Å². The van der Waals surface area contributed by atoms with E-state index in [1.165, 1.54) is 0 Å². The number of amides is 1. The van der Waals surface area contributed by atoms with E-state index >= 15 is 0 Å². The highest BCUT2D eigenvalue weighted by molar-refractivity contribution is 6.31. The fourth-order valence-corrected chi connectivity index (χ4v) is 2.63. The summed E-state index contributed by atoms with van der Waals surface area (Å²) in [6, 6.07) is 24.3. The summed E-state index contributed by atoms with van der Waals surface area (Å²) in [5.74, 6) is -0.167. The second kappa shape index (κ2) is 7.16. The van der Waals surface area contributed by atoms with E-state index in [-0.39, 0.29) is 5.91 Å². The maximum absolute atomic E-state index is 12.4. The zero-order valence-corrected chi connectivity index (χ0v) is 13.8. The number of anilines is 1. The topological polar surface area (TPSA) is 29.1 Å². The minimum Gasteiger partial charge on any atom is -0.321 e. The molecule has 1 amide bonds. The maximum Gasteiger partial charge on any atom is 0.255 e. The second-order valence-electron chi connectivity index (χ2n) is 5.35. The molecule has 0 aromatic heterocycles. The van der Waals surface area contributed by atoms with E-state index in [0.29, 0.717) is 16.3 Å². The van der Waals surface area contributed by atoms with E-state index in [0.717, 1.165) is 16.7 Å². The Morgan fingerprint density at radius 1 is 0.833 bits per heavy atom. The summed E-state index contributed by atoms with van der Waals surface area (Å²) in [5.41, 5.74) is 3.88. The molecule has 0 radical (unpaired) electrons. The lowest BCUT2D eigenvalue weighted by Crippen LogP contribution is -2.13. The average molecular weight is 334 g/mol. The fraction of sp³-hybridized carbons (Fsp3) is 0.